The Kier molecular flexibility index (Phi) is 3.36. The van der Waals surface area contributed by atoms with Crippen LogP contribution in [-0.4, -0.2) is 20.1 Å². The molecular weight excluding hydrogens is 295 g/mol. The van der Waals surface area contributed by atoms with Gasteiger partial charge in [0.05, 0.1) is 9.95 Å². The lowest BCUT2D eigenvalue weighted by atomic mass is 10.1. The van der Waals surface area contributed by atoms with Crippen molar-refractivity contribution in [3.05, 3.63) is 32.3 Å². The van der Waals surface area contributed by atoms with E-state index in [0.717, 1.165) is 0 Å². The second-order valence-electron chi connectivity index (χ2n) is 3.42. The highest BCUT2D eigenvalue weighted by atomic mass is 35.5. The molecule has 0 unspecified atom stereocenters. The molecule has 0 aliphatic carbocycles. The molecule has 2 rings (SSSR count). The Hall–Kier alpha value is -2.19. The molecule has 1 heterocycles. The molecule has 8 nitrogen and oxygen atoms in total. The average Bonchev–Trinajstić information content (AvgIpc) is 2.33. The lowest BCUT2D eigenvalue weighted by Gasteiger charge is -2.07. The highest BCUT2D eigenvalue weighted by Gasteiger charge is 2.21. The average molecular weight is 301 g/mol. The van der Waals surface area contributed by atoms with Gasteiger partial charge >= 0.3 is 0 Å². The molecule has 0 atom stereocenters. The molecule has 0 saturated heterocycles. The first-order valence-electron chi connectivity index (χ1n) is 4.80. The van der Waals surface area contributed by atoms with E-state index >= 15 is 0 Å². The molecule has 0 aliphatic heterocycles. The van der Waals surface area contributed by atoms with Crippen molar-refractivity contribution < 1.29 is 4.92 Å². The number of halogens is 2. The van der Waals surface area contributed by atoms with Gasteiger partial charge in [0, 0.05) is 11.6 Å². The second kappa shape index (κ2) is 4.82. The summed E-state index contributed by atoms with van der Waals surface area (Å²) in [5.74, 6) is -0.0929. The highest BCUT2D eigenvalue weighted by molar-refractivity contribution is 6.45. The van der Waals surface area contributed by atoms with E-state index in [4.69, 9.17) is 34.7 Å². The predicted octanol–water partition coefficient (Wildman–Crippen LogP) is 1.92. The summed E-state index contributed by atoms with van der Waals surface area (Å²) in [7, 11) is 0. The largest absolute Gasteiger partial charge is 0.382 e. The van der Waals surface area contributed by atoms with Crippen LogP contribution in [0.25, 0.3) is 11.3 Å². The molecule has 10 heteroatoms. The predicted molar refractivity (Wildman–Crippen MR) is 70.8 cm³/mol. The quantitative estimate of drug-likeness (QED) is 0.639. The third-order valence-electron chi connectivity index (χ3n) is 2.24. The van der Waals surface area contributed by atoms with Gasteiger partial charge in [0.25, 0.3) is 5.69 Å². The molecule has 0 spiro atoms. The summed E-state index contributed by atoms with van der Waals surface area (Å²) >= 11 is 11.8. The molecule has 0 bridgehead atoms. The number of nitro benzene ring substituents is 1. The number of nitrogens with two attached hydrogens (primary N) is 2. The Balaban J connectivity index is 2.64. The smallest absolute Gasteiger partial charge is 0.289 e. The third-order valence-corrected chi connectivity index (χ3v) is 3.12. The standard InChI is InChI=1S/C9H6Cl2N6O2/c10-5-3(1-2-4(6(5)11)17(18)19)7-8(12)14-9(13)16-15-7/h1-2H,(H4,12,13,14,16). The molecule has 2 aromatic rings. The van der Waals surface area contributed by atoms with Crippen LogP contribution in [0.1, 0.15) is 0 Å². The summed E-state index contributed by atoms with van der Waals surface area (Å²) in [5, 5.41) is 17.8. The first-order valence-corrected chi connectivity index (χ1v) is 5.56. The number of nitro groups is 1. The van der Waals surface area contributed by atoms with Gasteiger partial charge < -0.3 is 11.5 Å². The van der Waals surface area contributed by atoms with Gasteiger partial charge in [0.15, 0.2) is 5.82 Å². The summed E-state index contributed by atoms with van der Waals surface area (Å²) in [6, 6.07) is 2.56. The van der Waals surface area contributed by atoms with Crippen LogP contribution in [-0.2, 0) is 0 Å². The monoisotopic (exact) mass is 300 g/mol. The fraction of sp³-hybridized carbons (Fsp3) is 0. The molecule has 4 N–H and O–H groups in total. The van der Waals surface area contributed by atoms with Crippen molar-refractivity contribution in [1.82, 2.24) is 15.2 Å². The number of aromatic nitrogens is 3. The minimum atomic E-state index is -0.645. The minimum absolute atomic E-state index is 0.000630. The van der Waals surface area contributed by atoms with E-state index in [1.54, 1.807) is 0 Å². The first kappa shape index (κ1) is 13.2. The first-order chi connectivity index (χ1) is 8.91. The molecule has 0 fully saturated rings. The second-order valence-corrected chi connectivity index (χ2v) is 4.18. The molecule has 1 aromatic carbocycles. The number of anilines is 2. The van der Waals surface area contributed by atoms with Crippen LogP contribution in [0.4, 0.5) is 17.5 Å². The van der Waals surface area contributed by atoms with Crippen molar-refractivity contribution >= 4 is 40.7 Å². The van der Waals surface area contributed by atoms with E-state index in [1.807, 2.05) is 0 Å². The topological polar surface area (TPSA) is 134 Å². The molecule has 0 saturated carbocycles. The SMILES string of the molecule is Nc1nnc(-c2ccc([N+](=O)[O-])c(Cl)c2Cl)c(N)n1. The highest BCUT2D eigenvalue weighted by Crippen LogP contribution is 2.39. The fourth-order valence-corrected chi connectivity index (χ4v) is 1.89. The van der Waals surface area contributed by atoms with Gasteiger partial charge in [-0.05, 0) is 6.07 Å². The van der Waals surface area contributed by atoms with Gasteiger partial charge in [-0.3, -0.25) is 10.1 Å². The number of nitrogens with zero attached hydrogens (tertiary/aromatic N) is 4. The summed E-state index contributed by atoms with van der Waals surface area (Å²) in [4.78, 5) is 13.8. The summed E-state index contributed by atoms with van der Waals surface area (Å²) in [5.41, 5.74) is 11.1. The van der Waals surface area contributed by atoms with Crippen molar-refractivity contribution in [2.24, 2.45) is 0 Å². The number of benzene rings is 1. The van der Waals surface area contributed by atoms with Crippen LogP contribution in [0.2, 0.25) is 10.0 Å². The van der Waals surface area contributed by atoms with E-state index in [9.17, 15) is 10.1 Å². The van der Waals surface area contributed by atoms with E-state index in [0.29, 0.717) is 0 Å². The Morgan fingerprint density at radius 2 is 1.84 bits per heavy atom. The maximum Gasteiger partial charge on any atom is 0.289 e. The van der Waals surface area contributed by atoms with E-state index < -0.39 is 4.92 Å². The van der Waals surface area contributed by atoms with E-state index in [2.05, 4.69) is 15.2 Å². The Bertz CT molecular complexity index is 678. The zero-order valence-corrected chi connectivity index (χ0v) is 10.7. The van der Waals surface area contributed by atoms with Crippen LogP contribution < -0.4 is 11.5 Å². The summed E-state index contributed by atoms with van der Waals surface area (Å²) in [6.07, 6.45) is 0. The molecule has 0 amide bonds. The van der Waals surface area contributed by atoms with Crippen molar-refractivity contribution in [3.63, 3.8) is 0 Å². The number of nitrogen functional groups attached to an aromatic ring is 2. The molecule has 0 radical (unpaired) electrons. The minimum Gasteiger partial charge on any atom is -0.382 e. The lowest BCUT2D eigenvalue weighted by molar-refractivity contribution is -0.384. The molecule has 1 aromatic heterocycles. The number of hydrogen-bond donors (Lipinski definition) is 2. The maximum atomic E-state index is 10.7. The zero-order chi connectivity index (χ0) is 14.2. The molecular formula is C9H6Cl2N6O2. The number of hydrogen-bond acceptors (Lipinski definition) is 7. The maximum absolute atomic E-state index is 10.7. The summed E-state index contributed by atoms with van der Waals surface area (Å²) < 4.78 is 0. The normalized spacial score (nSPS) is 10.4. The van der Waals surface area contributed by atoms with E-state index in [1.165, 1.54) is 12.1 Å². The van der Waals surface area contributed by atoms with E-state index in [-0.39, 0.29) is 38.8 Å². The van der Waals surface area contributed by atoms with Gasteiger partial charge in [-0.2, -0.15) is 4.98 Å². The Morgan fingerprint density at radius 3 is 2.42 bits per heavy atom. The van der Waals surface area contributed by atoms with Crippen molar-refractivity contribution in [2.75, 3.05) is 11.5 Å². The zero-order valence-electron chi connectivity index (χ0n) is 9.17. The van der Waals surface area contributed by atoms with Crippen LogP contribution >= 0.6 is 23.2 Å². The lowest BCUT2D eigenvalue weighted by Crippen LogP contribution is -2.04. The van der Waals surface area contributed by atoms with Crippen LogP contribution in [0.15, 0.2) is 12.1 Å². The number of rotatable bonds is 2. The molecule has 0 aliphatic rings. The van der Waals surface area contributed by atoms with Crippen LogP contribution in [0.3, 0.4) is 0 Å². The van der Waals surface area contributed by atoms with Gasteiger partial charge in [0.2, 0.25) is 5.95 Å². The third kappa shape index (κ3) is 2.35. The van der Waals surface area contributed by atoms with Crippen molar-refractivity contribution in [2.45, 2.75) is 0 Å². The molecule has 19 heavy (non-hydrogen) atoms. The van der Waals surface area contributed by atoms with Crippen LogP contribution in [0, 0.1) is 10.1 Å². The summed E-state index contributed by atoms with van der Waals surface area (Å²) in [6.45, 7) is 0. The van der Waals surface area contributed by atoms with Gasteiger partial charge in [-0.25, -0.2) is 0 Å². The van der Waals surface area contributed by atoms with Gasteiger partial charge in [-0.1, -0.05) is 23.2 Å². The van der Waals surface area contributed by atoms with Gasteiger partial charge in [0.1, 0.15) is 10.7 Å². The Labute approximate surface area is 116 Å². The molecule has 98 valence electrons. The Morgan fingerprint density at radius 1 is 1.16 bits per heavy atom. The van der Waals surface area contributed by atoms with Crippen LogP contribution in [0.5, 0.6) is 0 Å². The van der Waals surface area contributed by atoms with Crippen molar-refractivity contribution in [1.29, 1.82) is 0 Å². The van der Waals surface area contributed by atoms with Gasteiger partial charge in [-0.15, -0.1) is 10.2 Å². The fourth-order valence-electron chi connectivity index (χ4n) is 1.41. The van der Waals surface area contributed by atoms with Crippen molar-refractivity contribution in [3.8, 4) is 11.3 Å².